The average molecular weight is 371 g/mol. The van der Waals surface area contributed by atoms with Gasteiger partial charge < -0.3 is 21.1 Å². The zero-order valence-electron chi connectivity index (χ0n) is 15.0. The summed E-state index contributed by atoms with van der Waals surface area (Å²) in [5.41, 5.74) is 6.49. The Morgan fingerprint density at radius 2 is 2.04 bits per heavy atom. The van der Waals surface area contributed by atoms with Crippen LogP contribution in [0.25, 0.3) is 0 Å². The third-order valence-electron chi connectivity index (χ3n) is 4.37. The minimum Gasteiger partial charge on any atom is -0.490 e. The highest BCUT2D eigenvalue weighted by molar-refractivity contribution is 5.96. The normalized spacial score (nSPS) is 14.3. The first-order valence-corrected chi connectivity index (χ1v) is 8.82. The number of hydrogen-bond acceptors (Lipinski definition) is 3. The quantitative estimate of drug-likeness (QED) is 0.694. The van der Waals surface area contributed by atoms with Crippen LogP contribution in [0.2, 0.25) is 0 Å². The second-order valence-electron chi connectivity index (χ2n) is 6.71. The van der Waals surface area contributed by atoms with Gasteiger partial charge in [-0.05, 0) is 61.6 Å². The minimum absolute atomic E-state index is 0.231. The number of ether oxygens (including phenoxy) is 1. The molecule has 4 N–H and O–H groups in total. The van der Waals surface area contributed by atoms with E-state index in [1.54, 1.807) is 37.3 Å². The number of amides is 3. The van der Waals surface area contributed by atoms with E-state index < -0.39 is 17.9 Å². The molecule has 0 saturated heterocycles. The van der Waals surface area contributed by atoms with Crippen molar-refractivity contribution in [3.05, 3.63) is 59.4 Å². The van der Waals surface area contributed by atoms with Gasteiger partial charge in [-0.2, -0.15) is 0 Å². The van der Waals surface area contributed by atoms with Gasteiger partial charge in [0.05, 0.1) is 12.6 Å². The molecule has 1 unspecified atom stereocenters. The number of hydrogen-bond donors (Lipinski definition) is 3. The van der Waals surface area contributed by atoms with Gasteiger partial charge in [0.2, 0.25) is 0 Å². The summed E-state index contributed by atoms with van der Waals surface area (Å²) < 4.78 is 19.7. The largest absolute Gasteiger partial charge is 0.490 e. The van der Waals surface area contributed by atoms with Gasteiger partial charge in [-0.1, -0.05) is 12.1 Å². The fraction of sp³-hybridized carbons (Fsp3) is 0.300. The van der Waals surface area contributed by atoms with E-state index in [2.05, 4.69) is 10.6 Å². The molecule has 2 aromatic carbocycles. The maximum absolute atomic E-state index is 14.2. The number of carbonyl (C=O) groups is 2. The van der Waals surface area contributed by atoms with Crippen molar-refractivity contribution < 1.29 is 18.7 Å². The van der Waals surface area contributed by atoms with Crippen LogP contribution < -0.4 is 21.1 Å². The highest BCUT2D eigenvalue weighted by Crippen LogP contribution is 2.30. The van der Waals surface area contributed by atoms with Gasteiger partial charge >= 0.3 is 6.03 Å². The third kappa shape index (κ3) is 5.20. The van der Waals surface area contributed by atoms with E-state index in [0.29, 0.717) is 29.3 Å². The Morgan fingerprint density at radius 1 is 1.26 bits per heavy atom. The molecule has 3 amide bonds. The van der Waals surface area contributed by atoms with E-state index in [0.717, 1.165) is 12.8 Å². The van der Waals surface area contributed by atoms with Gasteiger partial charge in [0.25, 0.3) is 5.91 Å². The van der Waals surface area contributed by atoms with Crippen LogP contribution in [0.15, 0.2) is 42.5 Å². The molecule has 1 saturated carbocycles. The number of benzene rings is 2. The fourth-order valence-electron chi connectivity index (χ4n) is 2.64. The summed E-state index contributed by atoms with van der Waals surface area (Å²) >= 11 is 0. The number of anilines is 1. The van der Waals surface area contributed by atoms with Gasteiger partial charge in [0.1, 0.15) is 0 Å². The molecule has 0 radical (unpaired) electrons. The van der Waals surface area contributed by atoms with Crippen LogP contribution in [0.1, 0.15) is 41.7 Å². The van der Waals surface area contributed by atoms with Crippen LogP contribution in [0.3, 0.4) is 0 Å². The number of urea groups is 1. The molecule has 1 fully saturated rings. The van der Waals surface area contributed by atoms with Gasteiger partial charge in [-0.3, -0.25) is 4.79 Å². The zero-order chi connectivity index (χ0) is 19.4. The van der Waals surface area contributed by atoms with Crippen molar-refractivity contribution in [1.82, 2.24) is 5.32 Å². The van der Waals surface area contributed by atoms with Crippen LogP contribution in [-0.2, 0) is 0 Å². The topological polar surface area (TPSA) is 93.5 Å². The summed E-state index contributed by atoms with van der Waals surface area (Å²) in [6.45, 7) is 2.31. The van der Waals surface area contributed by atoms with Crippen LogP contribution in [0, 0.1) is 11.7 Å². The lowest BCUT2D eigenvalue weighted by atomic mass is 10.1. The highest BCUT2D eigenvalue weighted by atomic mass is 19.1. The van der Waals surface area contributed by atoms with E-state index in [-0.39, 0.29) is 11.7 Å². The van der Waals surface area contributed by atoms with E-state index in [4.69, 9.17) is 10.5 Å². The molecule has 0 heterocycles. The molecule has 1 aliphatic carbocycles. The van der Waals surface area contributed by atoms with Crippen LogP contribution in [0.4, 0.5) is 14.9 Å². The highest BCUT2D eigenvalue weighted by Gasteiger charge is 2.22. The van der Waals surface area contributed by atoms with E-state index in [1.807, 2.05) is 0 Å². The minimum atomic E-state index is -0.708. The summed E-state index contributed by atoms with van der Waals surface area (Å²) in [5, 5.41) is 5.23. The Morgan fingerprint density at radius 3 is 2.70 bits per heavy atom. The first-order valence-electron chi connectivity index (χ1n) is 8.82. The Balaban J connectivity index is 1.63. The molecule has 0 spiro atoms. The van der Waals surface area contributed by atoms with Crippen molar-refractivity contribution in [2.24, 2.45) is 11.7 Å². The number of halogens is 1. The lowest BCUT2D eigenvalue weighted by Gasteiger charge is -2.16. The lowest BCUT2D eigenvalue weighted by molar-refractivity contribution is 0.0939. The molecule has 1 atom stereocenters. The van der Waals surface area contributed by atoms with E-state index in [9.17, 15) is 14.0 Å². The predicted molar refractivity (Wildman–Crippen MR) is 100 cm³/mol. The summed E-state index contributed by atoms with van der Waals surface area (Å²) in [6, 6.07) is 9.98. The molecule has 27 heavy (non-hydrogen) atoms. The second kappa shape index (κ2) is 8.07. The molecule has 7 heteroatoms. The molecule has 2 aromatic rings. The molecular weight excluding hydrogens is 349 g/mol. The summed E-state index contributed by atoms with van der Waals surface area (Å²) in [6.07, 6.45) is 2.28. The zero-order valence-corrected chi connectivity index (χ0v) is 15.0. The molecular formula is C20H22FN3O3. The molecule has 142 valence electrons. The monoisotopic (exact) mass is 371 g/mol. The Bertz CT molecular complexity index is 852. The summed E-state index contributed by atoms with van der Waals surface area (Å²) in [4.78, 5) is 23.4. The SMILES string of the molecule is CC(NC(=O)c1cccc(NC(N)=O)c1)c1ccc(OCC2CC2)c(F)c1. The predicted octanol–water partition coefficient (Wildman–Crippen LogP) is 3.60. The molecule has 0 aromatic heterocycles. The van der Waals surface area contributed by atoms with Gasteiger partial charge in [0.15, 0.2) is 11.6 Å². The maximum atomic E-state index is 14.2. The van der Waals surface area contributed by atoms with Crippen LogP contribution in [0.5, 0.6) is 5.75 Å². The number of carbonyl (C=O) groups excluding carboxylic acids is 2. The molecule has 0 aliphatic heterocycles. The molecule has 0 bridgehead atoms. The summed E-state index contributed by atoms with van der Waals surface area (Å²) in [5.74, 6) is -0.0106. The molecule has 6 nitrogen and oxygen atoms in total. The van der Waals surface area contributed by atoms with E-state index >= 15 is 0 Å². The van der Waals surface area contributed by atoms with Crippen LogP contribution >= 0.6 is 0 Å². The van der Waals surface area contributed by atoms with E-state index in [1.165, 1.54) is 12.1 Å². The molecule has 1 aliphatic rings. The standard InChI is InChI=1S/C20H22FN3O3/c1-12(14-7-8-18(17(21)10-14)27-11-13-5-6-13)23-19(25)15-3-2-4-16(9-15)24-20(22)26/h2-4,7-10,12-13H,5-6,11H2,1H3,(H,23,25)(H3,22,24,26). The van der Waals surface area contributed by atoms with Crippen molar-refractivity contribution >= 4 is 17.6 Å². The van der Waals surface area contributed by atoms with Crippen molar-refractivity contribution in [3.8, 4) is 5.75 Å². The summed E-state index contributed by atoms with van der Waals surface area (Å²) in [7, 11) is 0. The first kappa shape index (κ1) is 18.7. The number of nitrogens with two attached hydrogens (primary N) is 1. The average Bonchev–Trinajstić information content (AvgIpc) is 3.44. The maximum Gasteiger partial charge on any atom is 0.316 e. The van der Waals surface area contributed by atoms with Gasteiger partial charge in [-0.15, -0.1) is 0 Å². The second-order valence-corrected chi connectivity index (χ2v) is 6.71. The lowest BCUT2D eigenvalue weighted by Crippen LogP contribution is -2.27. The van der Waals surface area contributed by atoms with Gasteiger partial charge in [0, 0.05) is 11.3 Å². The Kier molecular flexibility index (Phi) is 5.59. The fourth-order valence-corrected chi connectivity index (χ4v) is 2.64. The molecule has 3 rings (SSSR count). The Hall–Kier alpha value is -3.09. The first-order chi connectivity index (χ1) is 12.9. The van der Waals surface area contributed by atoms with Crippen molar-refractivity contribution in [1.29, 1.82) is 0 Å². The van der Waals surface area contributed by atoms with Crippen molar-refractivity contribution in [2.75, 3.05) is 11.9 Å². The smallest absolute Gasteiger partial charge is 0.316 e. The third-order valence-corrected chi connectivity index (χ3v) is 4.37. The Labute approximate surface area is 156 Å². The van der Waals surface area contributed by atoms with Crippen LogP contribution in [-0.4, -0.2) is 18.5 Å². The van der Waals surface area contributed by atoms with Gasteiger partial charge in [-0.25, -0.2) is 9.18 Å². The number of primary amides is 1. The van der Waals surface area contributed by atoms with Crippen molar-refractivity contribution in [3.63, 3.8) is 0 Å². The van der Waals surface area contributed by atoms with Crippen molar-refractivity contribution in [2.45, 2.75) is 25.8 Å². The number of nitrogens with one attached hydrogen (secondary N) is 2. The number of rotatable bonds is 7.